The van der Waals surface area contributed by atoms with Gasteiger partial charge >= 0.3 is 5.97 Å². The molecule has 2 fully saturated rings. The van der Waals surface area contributed by atoms with Crippen molar-refractivity contribution in [2.45, 2.75) is 51.0 Å². The second-order valence-electron chi connectivity index (χ2n) is 11.0. The molecule has 0 radical (unpaired) electrons. The number of carbonyl (C=O) groups is 2. The van der Waals surface area contributed by atoms with Crippen molar-refractivity contribution >= 4 is 32.7 Å². The summed E-state index contributed by atoms with van der Waals surface area (Å²) >= 11 is 0. The average Bonchev–Trinajstić information content (AvgIpc) is 3.35. The fourth-order valence-corrected chi connectivity index (χ4v) is 8.02. The number of hydrogen-bond donors (Lipinski definition) is 1. The molecule has 2 atom stereocenters. The molecule has 1 aliphatic heterocycles. The van der Waals surface area contributed by atoms with Crippen LogP contribution in [-0.2, 0) is 14.8 Å². The number of benzene rings is 2. The first kappa shape index (κ1) is 23.8. The monoisotopic (exact) mass is 494 g/mol. The third-order valence-corrected chi connectivity index (χ3v) is 9.16. The zero-order chi connectivity index (χ0) is 25.0. The van der Waals surface area contributed by atoms with Crippen LogP contribution < -0.4 is 0 Å². The van der Waals surface area contributed by atoms with Gasteiger partial charge in [0.1, 0.15) is 0 Å². The maximum absolute atomic E-state index is 13.6. The second kappa shape index (κ2) is 8.31. The lowest BCUT2D eigenvalue weighted by atomic mass is 9.65. The summed E-state index contributed by atoms with van der Waals surface area (Å²) in [5.74, 6) is -1.07. The molecule has 8 heteroatoms. The van der Waals surface area contributed by atoms with E-state index in [9.17, 15) is 18.0 Å². The van der Waals surface area contributed by atoms with Crippen molar-refractivity contribution in [1.29, 1.82) is 0 Å². The highest BCUT2D eigenvalue weighted by Gasteiger charge is 2.53. The van der Waals surface area contributed by atoms with Gasteiger partial charge in [-0.2, -0.15) is 4.31 Å². The van der Waals surface area contributed by atoms with Crippen molar-refractivity contribution in [3.05, 3.63) is 65.9 Å². The van der Waals surface area contributed by atoms with E-state index in [0.717, 1.165) is 30.2 Å². The number of hydrogen-bond acceptors (Lipinski definition) is 5. The maximum atomic E-state index is 13.6. The number of sulfonamides is 1. The normalized spacial score (nSPS) is 23.9. The van der Waals surface area contributed by atoms with Crippen molar-refractivity contribution < 1.29 is 22.7 Å². The van der Waals surface area contributed by atoms with E-state index in [2.05, 4.69) is 25.8 Å². The van der Waals surface area contributed by atoms with E-state index in [1.807, 2.05) is 24.3 Å². The van der Waals surface area contributed by atoms with E-state index < -0.39 is 22.6 Å². The fraction of sp³-hybridized carbons (Fsp3) is 0.407. The summed E-state index contributed by atoms with van der Waals surface area (Å²) in [6.45, 7) is 6.61. The Morgan fingerprint density at radius 3 is 2.66 bits per heavy atom. The SMILES string of the molecule is CC1(C)CC2CC(C)(CN2S(=O)(=O)c2cccc(C(=O)OCC(=O)c3c[nH]c4ccccc34)c2)C1. The molecular formula is C27H30N2O5S. The molecule has 5 rings (SSSR count). The zero-order valence-corrected chi connectivity index (χ0v) is 21.0. The maximum Gasteiger partial charge on any atom is 0.338 e. The minimum absolute atomic E-state index is 0.0429. The Balaban J connectivity index is 1.31. The summed E-state index contributed by atoms with van der Waals surface area (Å²) in [6, 6.07) is 13.2. The summed E-state index contributed by atoms with van der Waals surface area (Å²) in [5.41, 5.74) is 1.42. The van der Waals surface area contributed by atoms with Gasteiger partial charge in [0.2, 0.25) is 15.8 Å². The summed E-state index contributed by atoms with van der Waals surface area (Å²) in [7, 11) is -3.77. The molecule has 1 aliphatic carbocycles. The molecule has 1 aromatic heterocycles. The Kier molecular flexibility index (Phi) is 5.64. The van der Waals surface area contributed by atoms with Crippen LogP contribution in [0, 0.1) is 10.8 Å². The molecule has 0 spiro atoms. The van der Waals surface area contributed by atoms with Gasteiger partial charge in [-0.25, -0.2) is 13.2 Å². The Morgan fingerprint density at radius 1 is 1.09 bits per heavy atom. The quantitative estimate of drug-likeness (QED) is 0.392. The summed E-state index contributed by atoms with van der Waals surface area (Å²) in [6.07, 6.45) is 4.26. The van der Waals surface area contributed by atoms with Gasteiger partial charge in [-0.05, 0) is 54.4 Å². The molecule has 2 aliphatic rings. The Hall–Kier alpha value is -2.97. The lowest BCUT2D eigenvalue weighted by Gasteiger charge is -2.39. The number of esters is 1. The van der Waals surface area contributed by atoms with Gasteiger partial charge < -0.3 is 9.72 Å². The molecule has 0 amide bonds. The highest BCUT2D eigenvalue weighted by molar-refractivity contribution is 7.89. The number of ether oxygens (including phenoxy) is 1. The van der Waals surface area contributed by atoms with Crippen LogP contribution in [0.25, 0.3) is 10.9 Å². The van der Waals surface area contributed by atoms with E-state index in [1.165, 1.54) is 18.2 Å². The number of H-pyrrole nitrogens is 1. The second-order valence-corrected chi connectivity index (χ2v) is 12.9. The van der Waals surface area contributed by atoms with E-state index in [4.69, 9.17) is 4.74 Å². The minimum atomic E-state index is -3.77. The molecule has 1 N–H and O–H groups in total. The van der Waals surface area contributed by atoms with Crippen LogP contribution in [0.3, 0.4) is 0 Å². The highest BCUT2D eigenvalue weighted by Crippen LogP contribution is 2.53. The summed E-state index contributed by atoms with van der Waals surface area (Å²) < 4.78 is 34.0. The van der Waals surface area contributed by atoms with Gasteiger partial charge in [-0.15, -0.1) is 0 Å². The molecule has 184 valence electrons. The van der Waals surface area contributed by atoms with Crippen LogP contribution in [0.2, 0.25) is 0 Å². The average molecular weight is 495 g/mol. The van der Waals surface area contributed by atoms with Gasteiger partial charge in [0.15, 0.2) is 6.61 Å². The van der Waals surface area contributed by atoms with Gasteiger partial charge in [0.05, 0.1) is 10.5 Å². The first-order valence-corrected chi connectivity index (χ1v) is 13.3. The van der Waals surface area contributed by atoms with Crippen LogP contribution in [0.4, 0.5) is 0 Å². The number of aromatic amines is 1. The van der Waals surface area contributed by atoms with Crippen LogP contribution in [0.1, 0.15) is 60.7 Å². The third kappa shape index (κ3) is 4.41. The van der Waals surface area contributed by atoms with Crippen molar-refractivity contribution in [3.8, 4) is 0 Å². The van der Waals surface area contributed by atoms with Gasteiger partial charge in [-0.3, -0.25) is 4.79 Å². The van der Waals surface area contributed by atoms with Crippen molar-refractivity contribution in [3.63, 3.8) is 0 Å². The van der Waals surface area contributed by atoms with Gasteiger partial charge in [0, 0.05) is 35.2 Å². The number of nitrogens with one attached hydrogen (secondary N) is 1. The first-order valence-electron chi connectivity index (χ1n) is 11.9. The number of carbonyl (C=O) groups excluding carboxylic acids is 2. The molecule has 7 nitrogen and oxygen atoms in total. The summed E-state index contributed by atoms with van der Waals surface area (Å²) in [5, 5.41) is 0.759. The number of para-hydroxylation sites is 1. The molecule has 2 bridgehead atoms. The first-order chi connectivity index (χ1) is 16.5. The topological polar surface area (TPSA) is 96.5 Å². The van der Waals surface area contributed by atoms with Crippen LogP contribution in [0.15, 0.2) is 59.6 Å². The molecule has 35 heavy (non-hydrogen) atoms. The molecular weight excluding hydrogens is 464 g/mol. The predicted molar refractivity (Wildman–Crippen MR) is 133 cm³/mol. The highest BCUT2D eigenvalue weighted by atomic mass is 32.2. The predicted octanol–water partition coefficient (Wildman–Crippen LogP) is 4.80. The summed E-state index contributed by atoms with van der Waals surface area (Å²) in [4.78, 5) is 28.5. The fourth-order valence-electron chi connectivity index (χ4n) is 6.20. The number of aromatic nitrogens is 1. The molecule has 2 heterocycles. The van der Waals surface area contributed by atoms with E-state index in [1.54, 1.807) is 16.6 Å². The molecule has 1 saturated heterocycles. The third-order valence-electron chi connectivity index (χ3n) is 7.27. The van der Waals surface area contributed by atoms with Crippen molar-refractivity contribution in [2.75, 3.05) is 13.2 Å². The molecule has 2 unspecified atom stereocenters. The number of Topliss-reactive ketones (excluding diaryl/α,β-unsaturated/α-hetero) is 1. The van der Waals surface area contributed by atoms with Gasteiger partial charge in [0.25, 0.3) is 0 Å². The van der Waals surface area contributed by atoms with Crippen LogP contribution >= 0.6 is 0 Å². The molecule has 1 saturated carbocycles. The lowest BCUT2D eigenvalue weighted by molar-refractivity contribution is 0.0475. The standard InChI is InChI=1S/C27H30N2O5S/c1-26(2)12-19-13-27(3,16-26)17-29(19)35(32,33)20-8-6-7-18(11-20)25(31)34-15-24(30)22-14-28-23-10-5-4-9-21(22)23/h4-11,14,19,28H,12-13,15-17H2,1-3H3. The Bertz CT molecular complexity index is 1420. The van der Waals surface area contributed by atoms with Crippen LogP contribution in [0.5, 0.6) is 0 Å². The molecule has 2 aromatic carbocycles. The number of fused-ring (bicyclic) bond motifs is 3. The van der Waals surface area contributed by atoms with E-state index >= 15 is 0 Å². The largest absolute Gasteiger partial charge is 0.454 e. The Morgan fingerprint density at radius 2 is 1.86 bits per heavy atom. The number of ketones is 1. The lowest BCUT2D eigenvalue weighted by Crippen LogP contribution is -2.37. The van der Waals surface area contributed by atoms with Gasteiger partial charge in [-0.1, -0.05) is 45.0 Å². The minimum Gasteiger partial charge on any atom is -0.454 e. The smallest absolute Gasteiger partial charge is 0.338 e. The Labute approximate surface area is 205 Å². The number of rotatable bonds is 6. The molecule has 3 aromatic rings. The van der Waals surface area contributed by atoms with Crippen molar-refractivity contribution in [1.82, 2.24) is 9.29 Å². The van der Waals surface area contributed by atoms with Crippen LogP contribution in [-0.4, -0.2) is 48.7 Å². The van der Waals surface area contributed by atoms with E-state index in [0.29, 0.717) is 12.1 Å². The zero-order valence-electron chi connectivity index (χ0n) is 20.2. The number of nitrogens with zero attached hydrogens (tertiary/aromatic N) is 1. The van der Waals surface area contributed by atoms with E-state index in [-0.39, 0.29) is 33.1 Å². The van der Waals surface area contributed by atoms with Crippen molar-refractivity contribution in [2.24, 2.45) is 10.8 Å².